The third-order valence-electron chi connectivity index (χ3n) is 5.29. The van der Waals surface area contributed by atoms with Crippen LogP contribution in [0.15, 0.2) is 86.1 Å². The highest BCUT2D eigenvalue weighted by molar-refractivity contribution is 7.91. The first-order chi connectivity index (χ1) is 15.6. The standard InChI is InChI=1S/C23H18FN3O5S/c1-26-18-12-17(25-21(28)14-8-10-15(24)11-9-14)20(13-19(18)27(2)23(30)22(26)29)33(31,32)16-6-4-3-5-7-16/h3-13H,1-2H3,(H,25,28). The van der Waals surface area contributed by atoms with Crippen molar-refractivity contribution in [2.24, 2.45) is 14.1 Å². The van der Waals surface area contributed by atoms with Crippen LogP contribution < -0.4 is 16.4 Å². The molecule has 0 radical (unpaired) electrons. The van der Waals surface area contributed by atoms with Gasteiger partial charge >= 0.3 is 11.1 Å². The molecule has 0 atom stereocenters. The number of anilines is 1. The van der Waals surface area contributed by atoms with E-state index in [1.807, 2.05) is 0 Å². The lowest BCUT2D eigenvalue weighted by molar-refractivity contribution is 0.102. The lowest BCUT2D eigenvalue weighted by Crippen LogP contribution is -2.39. The number of rotatable bonds is 4. The van der Waals surface area contributed by atoms with Gasteiger partial charge in [-0.3, -0.25) is 14.4 Å². The zero-order chi connectivity index (χ0) is 23.9. The molecule has 1 N–H and O–H groups in total. The third kappa shape index (κ3) is 3.85. The summed E-state index contributed by atoms with van der Waals surface area (Å²) >= 11 is 0. The molecule has 168 valence electrons. The van der Waals surface area contributed by atoms with Crippen LogP contribution in [0, 0.1) is 5.82 Å². The Bertz CT molecular complexity index is 1620. The number of fused-ring (bicyclic) bond motifs is 1. The number of halogens is 1. The molecule has 4 aromatic rings. The topological polar surface area (TPSA) is 107 Å². The van der Waals surface area contributed by atoms with Crippen LogP contribution in [0.4, 0.5) is 10.1 Å². The number of hydrogen-bond donors (Lipinski definition) is 1. The predicted molar refractivity (Wildman–Crippen MR) is 121 cm³/mol. The number of hydrogen-bond acceptors (Lipinski definition) is 5. The number of benzene rings is 3. The van der Waals surface area contributed by atoms with E-state index in [4.69, 9.17) is 0 Å². The minimum atomic E-state index is -4.13. The monoisotopic (exact) mass is 467 g/mol. The largest absolute Gasteiger partial charge is 0.321 e. The normalized spacial score (nSPS) is 11.5. The molecule has 0 bridgehead atoms. The summed E-state index contributed by atoms with van der Waals surface area (Å²) in [6, 6.07) is 14.9. The first-order valence-electron chi connectivity index (χ1n) is 9.72. The average Bonchev–Trinajstić information content (AvgIpc) is 2.82. The van der Waals surface area contributed by atoms with E-state index in [0.29, 0.717) is 0 Å². The van der Waals surface area contributed by atoms with Gasteiger partial charge in [-0.2, -0.15) is 0 Å². The number of amides is 1. The summed E-state index contributed by atoms with van der Waals surface area (Å²) in [6.07, 6.45) is 0. The van der Waals surface area contributed by atoms with Crippen LogP contribution in [0.3, 0.4) is 0 Å². The summed E-state index contributed by atoms with van der Waals surface area (Å²) in [7, 11) is -1.38. The highest BCUT2D eigenvalue weighted by Crippen LogP contribution is 2.31. The number of sulfone groups is 1. The highest BCUT2D eigenvalue weighted by atomic mass is 32.2. The number of nitrogens with one attached hydrogen (secondary N) is 1. The Morgan fingerprint density at radius 3 is 1.97 bits per heavy atom. The molecule has 0 aliphatic heterocycles. The third-order valence-corrected chi connectivity index (χ3v) is 7.10. The number of carbonyl (C=O) groups is 1. The molecule has 1 aromatic heterocycles. The van der Waals surface area contributed by atoms with E-state index >= 15 is 0 Å². The second-order valence-electron chi connectivity index (χ2n) is 7.34. The molecule has 0 spiro atoms. The Morgan fingerprint density at radius 1 is 0.848 bits per heavy atom. The Morgan fingerprint density at radius 2 is 1.39 bits per heavy atom. The quantitative estimate of drug-likeness (QED) is 0.464. The van der Waals surface area contributed by atoms with Crippen molar-refractivity contribution < 1.29 is 17.6 Å². The van der Waals surface area contributed by atoms with Crippen LogP contribution in [-0.4, -0.2) is 23.5 Å². The number of aryl methyl sites for hydroxylation is 2. The second-order valence-corrected chi connectivity index (χ2v) is 9.26. The van der Waals surface area contributed by atoms with Crippen LogP contribution in [0.5, 0.6) is 0 Å². The van der Waals surface area contributed by atoms with Crippen molar-refractivity contribution in [2.45, 2.75) is 9.79 Å². The van der Waals surface area contributed by atoms with Crippen molar-refractivity contribution in [3.8, 4) is 0 Å². The lowest BCUT2D eigenvalue weighted by atomic mass is 10.2. The zero-order valence-electron chi connectivity index (χ0n) is 17.6. The predicted octanol–water partition coefficient (Wildman–Crippen LogP) is 2.46. The molecule has 33 heavy (non-hydrogen) atoms. The molecule has 8 nitrogen and oxygen atoms in total. The van der Waals surface area contributed by atoms with Gasteiger partial charge in [0, 0.05) is 19.7 Å². The number of aromatic nitrogens is 2. The summed E-state index contributed by atoms with van der Waals surface area (Å²) in [4.78, 5) is 37.1. The van der Waals surface area contributed by atoms with E-state index in [2.05, 4.69) is 5.32 Å². The average molecular weight is 467 g/mol. The van der Waals surface area contributed by atoms with Crippen LogP contribution in [0.1, 0.15) is 10.4 Å². The molecule has 0 saturated carbocycles. The second kappa shape index (κ2) is 8.14. The molecular formula is C23H18FN3O5S. The minimum Gasteiger partial charge on any atom is -0.321 e. The van der Waals surface area contributed by atoms with Crippen molar-refractivity contribution in [2.75, 3.05) is 5.32 Å². The van der Waals surface area contributed by atoms with Gasteiger partial charge in [0.15, 0.2) is 0 Å². The smallest absolute Gasteiger partial charge is 0.316 e. The molecule has 0 aliphatic carbocycles. The van der Waals surface area contributed by atoms with Crippen LogP contribution in [0.2, 0.25) is 0 Å². The van der Waals surface area contributed by atoms with E-state index in [-0.39, 0.29) is 32.1 Å². The van der Waals surface area contributed by atoms with Crippen LogP contribution >= 0.6 is 0 Å². The molecule has 0 aliphatic rings. The zero-order valence-corrected chi connectivity index (χ0v) is 18.4. The summed E-state index contributed by atoms with van der Waals surface area (Å²) in [5.74, 6) is -1.20. The van der Waals surface area contributed by atoms with E-state index in [9.17, 15) is 27.2 Å². The van der Waals surface area contributed by atoms with Gasteiger partial charge < -0.3 is 14.5 Å². The Balaban J connectivity index is 1.99. The van der Waals surface area contributed by atoms with Crippen molar-refractivity contribution in [1.82, 2.24) is 9.13 Å². The Labute approximate surface area is 187 Å². The van der Waals surface area contributed by atoms with Gasteiger partial charge in [-0.25, -0.2) is 12.8 Å². The van der Waals surface area contributed by atoms with Crippen molar-refractivity contribution >= 4 is 32.5 Å². The summed E-state index contributed by atoms with van der Waals surface area (Å²) < 4.78 is 42.3. The van der Waals surface area contributed by atoms with Gasteiger partial charge in [-0.05, 0) is 48.5 Å². The van der Waals surface area contributed by atoms with Crippen LogP contribution in [-0.2, 0) is 23.9 Å². The van der Waals surface area contributed by atoms with Gasteiger partial charge in [-0.1, -0.05) is 18.2 Å². The first kappa shape index (κ1) is 22.2. The molecular weight excluding hydrogens is 449 g/mol. The Hall–Kier alpha value is -4.05. The summed E-state index contributed by atoms with van der Waals surface area (Å²) in [5, 5.41) is 2.55. The summed E-state index contributed by atoms with van der Waals surface area (Å²) in [6.45, 7) is 0. The van der Waals surface area contributed by atoms with Crippen molar-refractivity contribution in [3.63, 3.8) is 0 Å². The van der Waals surface area contributed by atoms with E-state index in [1.54, 1.807) is 18.2 Å². The van der Waals surface area contributed by atoms with Crippen LogP contribution in [0.25, 0.3) is 11.0 Å². The first-order valence-corrected chi connectivity index (χ1v) is 11.2. The Kier molecular flexibility index (Phi) is 5.46. The van der Waals surface area contributed by atoms with Gasteiger partial charge in [0.25, 0.3) is 5.91 Å². The SMILES string of the molecule is Cn1c(=O)c(=O)n(C)c2cc(S(=O)(=O)c3ccccc3)c(NC(=O)c3ccc(F)cc3)cc21. The molecule has 0 fully saturated rings. The van der Waals surface area contributed by atoms with Gasteiger partial charge in [0.2, 0.25) is 9.84 Å². The molecule has 1 heterocycles. The number of nitrogens with zero attached hydrogens (tertiary/aromatic N) is 2. The molecule has 1 amide bonds. The van der Waals surface area contributed by atoms with Gasteiger partial charge in [0.05, 0.1) is 26.5 Å². The maximum atomic E-state index is 13.5. The highest BCUT2D eigenvalue weighted by Gasteiger charge is 2.25. The van der Waals surface area contributed by atoms with E-state index in [0.717, 1.165) is 21.3 Å². The molecule has 4 rings (SSSR count). The maximum absolute atomic E-state index is 13.5. The molecule has 0 saturated heterocycles. The number of carbonyl (C=O) groups excluding carboxylic acids is 1. The van der Waals surface area contributed by atoms with Crippen molar-refractivity contribution in [3.05, 3.63) is 98.8 Å². The molecule has 10 heteroatoms. The molecule has 0 unspecified atom stereocenters. The van der Waals surface area contributed by atoms with E-state index < -0.39 is 32.7 Å². The maximum Gasteiger partial charge on any atom is 0.316 e. The fourth-order valence-electron chi connectivity index (χ4n) is 3.44. The fraction of sp³-hybridized carbons (Fsp3) is 0.0870. The summed E-state index contributed by atoms with van der Waals surface area (Å²) in [5.41, 5.74) is -1.18. The van der Waals surface area contributed by atoms with Gasteiger partial charge in [-0.15, -0.1) is 0 Å². The minimum absolute atomic E-state index is 0.0172. The van der Waals surface area contributed by atoms with E-state index in [1.165, 1.54) is 50.5 Å². The lowest BCUT2D eigenvalue weighted by Gasteiger charge is -2.16. The fourth-order valence-corrected chi connectivity index (χ4v) is 4.88. The van der Waals surface area contributed by atoms with Crippen molar-refractivity contribution in [1.29, 1.82) is 0 Å². The molecule has 3 aromatic carbocycles. The van der Waals surface area contributed by atoms with Gasteiger partial charge in [0.1, 0.15) is 5.82 Å².